The fourth-order valence-corrected chi connectivity index (χ4v) is 2.03. The Balaban J connectivity index is 2.57. The number of carbonyl (C=O) groups is 1. The molecule has 0 saturated carbocycles. The molecule has 1 aliphatic carbocycles. The van der Waals surface area contributed by atoms with Gasteiger partial charge in [0.2, 0.25) is 0 Å². The van der Waals surface area contributed by atoms with E-state index in [2.05, 4.69) is 13.0 Å². The summed E-state index contributed by atoms with van der Waals surface area (Å²) in [5.74, 6) is -0.482. The minimum Gasteiger partial charge on any atom is -0.481 e. The van der Waals surface area contributed by atoms with Crippen LogP contribution in [0.2, 0.25) is 0 Å². The third-order valence-corrected chi connectivity index (χ3v) is 2.82. The van der Waals surface area contributed by atoms with Gasteiger partial charge in [0.15, 0.2) is 0 Å². The van der Waals surface area contributed by atoms with E-state index in [1.54, 1.807) is 0 Å². The number of carboxylic acid groups (broad SMARTS) is 1. The van der Waals surface area contributed by atoms with Crippen molar-refractivity contribution in [3.8, 4) is 0 Å². The zero-order valence-corrected chi connectivity index (χ0v) is 8.42. The van der Waals surface area contributed by atoms with E-state index >= 15 is 0 Å². The lowest BCUT2D eigenvalue weighted by molar-refractivity contribution is -0.143. The predicted octanol–water partition coefficient (Wildman–Crippen LogP) is 2.84. The van der Waals surface area contributed by atoms with Crippen LogP contribution < -0.4 is 0 Å². The van der Waals surface area contributed by atoms with Gasteiger partial charge in [-0.15, -0.1) is 0 Å². The van der Waals surface area contributed by atoms with Crippen LogP contribution in [0.3, 0.4) is 0 Å². The number of hydrogen-bond acceptors (Lipinski definition) is 1. The summed E-state index contributed by atoms with van der Waals surface area (Å²) >= 11 is 0. The van der Waals surface area contributed by atoms with Crippen molar-refractivity contribution in [1.82, 2.24) is 0 Å². The maximum atomic E-state index is 10.8. The number of aliphatic carboxylic acids is 1. The fraction of sp³-hybridized carbons (Fsp3) is 0.727. The second-order valence-corrected chi connectivity index (χ2v) is 3.97. The molecule has 0 bridgehead atoms. The minimum absolute atomic E-state index is 0.152. The van der Waals surface area contributed by atoms with Gasteiger partial charge in [-0.2, -0.15) is 0 Å². The topological polar surface area (TPSA) is 37.3 Å². The molecule has 2 nitrogen and oxygen atoms in total. The SMILES string of the molecule is CCCC1=CCC(C(=O)O)C(C)C1. The van der Waals surface area contributed by atoms with Gasteiger partial charge in [-0.25, -0.2) is 0 Å². The third-order valence-electron chi connectivity index (χ3n) is 2.82. The molecular formula is C11H18O2. The summed E-state index contributed by atoms with van der Waals surface area (Å²) < 4.78 is 0. The molecule has 0 radical (unpaired) electrons. The minimum atomic E-state index is -0.640. The van der Waals surface area contributed by atoms with Crippen LogP contribution >= 0.6 is 0 Å². The van der Waals surface area contributed by atoms with Crippen molar-refractivity contribution in [3.63, 3.8) is 0 Å². The molecule has 13 heavy (non-hydrogen) atoms. The molecule has 0 amide bonds. The van der Waals surface area contributed by atoms with Crippen molar-refractivity contribution in [2.24, 2.45) is 11.8 Å². The maximum Gasteiger partial charge on any atom is 0.307 e. The molecule has 2 unspecified atom stereocenters. The van der Waals surface area contributed by atoms with Gasteiger partial charge in [0.05, 0.1) is 5.92 Å². The van der Waals surface area contributed by atoms with Gasteiger partial charge >= 0.3 is 5.97 Å². The van der Waals surface area contributed by atoms with Crippen LogP contribution in [0.1, 0.15) is 39.5 Å². The molecule has 2 atom stereocenters. The second kappa shape index (κ2) is 4.45. The molecule has 1 aliphatic rings. The first kappa shape index (κ1) is 10.3. The normalized spacial score (nSPS) is 28.3. The van der Waals surface area contributed by atoms with Crippen LogP contribution in [0.5, 0.6) is 0 Å². The van der Waals surface area contributed by atoms with E-state index in [1.807, 2.05) is 6.92 Å². The van der Waals surface area contributed by atoms with Gasteiger partial charge in [-0.05, 0) is 25.2 Å². The highest BCUT2D eigenvalue weighted by Gasteiger charge is 2.27. The Labute approximate surface area is 79.6 Å². The summed E-state index contributed by atoms with van der Waals surface area (Å²) in [6, 6.07) is 0. The van der Waals surface area contributed by atoms with Crippen molar-refractivity contribution in [1.29, 1.82) is 0 Å². The summed E-state index contributed by atoms with van der Waals surface area (Å²) in [5, 5.41) is 8.90. The lowest BCUT2D eigenvalue weighted by Gasteiger charge is -2.25. The second-order valence-electron chi connectivity index (χ2n) is 3.97. The Morgan fingerprint density at radius 1 is 1.69 bits per heavy atom. The predicted molar refractivity (Wildman–Crippen MR) is 52.5 cm³/mol. The number of rotatable bonds is 3. The maximum absolute atomic E-state index is 10.8. The Morgan fingerprint density at radius 2 is 2.38 bits per heavy atom. The van der Waals surface area contributed by atoms with Crippen LogP contribution in [-0.4, -0.2) is 11.1 Å². The third kappa shape index (κ3) is 2.58. The molecule has 1 N–H and O–H groups in total. The lowest BCUT2D eigenvalue weighted by Crippen LogP contribution is -2.24. The van der Waals surface area contributed by atoms with E-state index in [-0.39, 0.29) is 5.92 Å². The molecule has 0 heterocycles. The zero-order chi connectivity index (χ0) is 9.84. The Morgan fingerprint density at radius 3 is 2.85 bits per heavy atom. The molecular weight excluding hydrogens is 164 g/mol. The summed E-state index contributed by atoms with van der Waals surface area (Å²) in [6.45, 7) is 4.20. The summed E-state index contributed by atoms with van der Waals surface area (Å²) in [4.78, 5) is 10.8. The van der Waals surface area contributed by atoms with Crippen LogP contribution in [0, 0.1) is 11.8 Å². The molecule has 1 rings (SSSR count). The van der Waals surface area contributed by atoms with Gasteiger partial charge in [-0.1, -0.05) is 31.9 Å². The van der Waals surface area contributed by atoms with E-state index in [9.17, 15) is 4.79 Å². The van der Waals surface area contributed by atoms with Crippen molar-refractivity contribution in [2.75, 3.05) is 0 Å². The standard InChI is InChI=1S/C11H18O2/c1-3-4-9-5-6-10(11(12)13)8(2)7-9/h5,8,10H,3-4,6-7H2,1-2H3,(H,12,13). The molecule has 2 heteroatoms. The van der Waals surface area contributed by atoms with Crippen molar-refractivity contribution < 1.29 is 9.90 Å². The summed E-state index contributed by atoms with van der Waals surface area (Å²) in [7, 11) is 0. The zero-order valence-electron chi connectivity index (χ0n) is 8.42. The lowest BCUT2D eigenvalue weighted by atomic mass is 9.80. The van der Waals surface area contributed by atoms with E-state index < -0.39 is 5.97 Å². The van der Waals surface area contributed by atoms with E-state index in [0.717, 1.165) is 25.7 Å². The number of allylic oxidation sites excluding steroid dienone is 2. The molecule has 0 aromatic rings. The molecule has 74 valence electrons. The first-order chi connectivity index (χ1) is 6.15. The molecule has 0 spiro atoms. The number of hydrogen-bond donors (Lipinski definition) is 1. The van der Waals surface area contributed by atoms with E-state index in [0.29, 0.717) is 5.92 Å². The largest absolute Gasteiger partial charge is 0.481 e. The summed E-state index contributed by atoms with van der Waals surface area (Å²) in [5.41, 5.74) is 1.45. The highest BCUT2D eigenvalue weighted by atomic mass is 16.4. The van der Waals surface area contributed by atoms with Gasteiger partial charge in [0.1, 0.15) is 0 Å². The molecule has 0 fully saturated rings. The smallest absolute Gasteiger partial charge is 0.307 e. The molecule has 0 saturated heterocycles. The van der Waals surface area contributed by atoms with Gasteiger partial charge < -0.3 is 5.11 Å². The van der Waals surface area contributed by atoms with Crippen LogP contribution in [-0.2, 0) is 4.79 Å². The first-order valence-electron chi connectivity index (χ1n) is 5.05. The van der Waals surface area contributed by atoms with Crippen LogP contribution in [0.15, 0.2) is 11.6 Å². The van der Waals surface area contributed by atoms with Crippen molar-refractivity contribution in [2.45, 2.75) is 39.5 Å². The first-order valence-corrected chi connectivity index (χ1v) is 5.05. The average molecular weight is 182 g/mol. The van der Waals surface area contributed by atoms with Crippen molar-refractivity contribution >= 4 is 5.97 Å². The molecule has 0 aromatic carbocycles. The van der Waals surface area contributed by atoms with Gasteiger partial charge in [0, 0.05) is 0 Å². The highest BCUT2D eigenvalue weighted by molar-refractivity contribution is 5.70. The molecule has 0 aromatic heterocycles. The van der Waals surface area contributed by atoms with Crippen LogP contribution in [0.4, 0.5) is 0 Å². The fourth-order valence-electron chi connectivity index (χ4n) is 2.03. The van der Waals surface area contributed by atoms with Crippen molar-refractivity contribution in [3.05, 3.63) is 11.6 Å². The Kier molecular flexibility index (Phi) is 3.52. The van der Waals surface area contributed by atoms with Gasteiger partial charge in [0.25, 0.3) is 0 Å². The van der Waals surface area contributed by atoms with Crippen LogP contribution in [0.25, 0.3) is 0 Å². The highest BCUT2D eigenvalue weighted by Crippen LogP contribution is 2.31. The monoisotopic (exact) mass is 182 g/mol. The molecule has 0 aliphatic heterocycles. The average Bonchev–Trinajstić information content (AvgIpc) is 2.04. The Bertz CT molecular complexity index is 218. The number of carboxylic acids is 1. The van der Waals surface area contributed by atoms with E-state index in [4.69, 9.17) is 5.11 Å². The quantitative estimate of drug-likeness (QED) is 0.681. The van der Waals surface area contributed by atoms with E-state index in [1.165, 1.54) is 5.57 Å². The Hall–Kier alpha value is -0.790. The summed E-state index contributed by atoms with van der Waals surface area (Å²) in [6.07, 6.45) is 6.13. The van der Waals surface area contributed by atoms with Gasteiger partial charge in [-0.3, -0.25) is 4.79 Å².